The van der Waals surface area contributed by atoms with Gasteiger partial charge in [0.2, 0.25) is 0 Å². The minimum Gasteiger partial charge on any atom is -0.310 e. The number of nitrogens with zero attached hydrogens (tertiary/aromatic N) is 2. The van der Waals surface area contributed by atoms with Crippen LogP contribution in [0.4, 0.5) is 17.1 Å². The third-order valence-electron chi connectivity index (χ3n) is 11.7. The maximum absolute atomic E-state index is 2.48. The quantitative estimate of drug-likeness (QED) is 0.170. The monoisotopic (exact) mass is 742 g/mol. The summed E-state index contributed by atoms with van der Waals surface area (Å²) in [5.74, 6) is 0. The number of hydrogen-bond acceptors (Lipinski definition) is 2. The van der Waals surface area contributed by atoms with E-state index in [1.165, 1.54) is 85.4 Å². The summed E-state index contributed by atoms with van der Waals surface area (Å²) in [6.07, 6.45) is 0. The molecule has 2 heterocycles. The Morgan fingerprint density at radius 3 is 1.82 bits per heavy atom. The summed E-state index contributed by atoms with van der Waals surface area (Å²) in [7, 11) is 0. The molecular weight excluding hydrogens is 709 g/mol. The van der Waals surface area contributed by atoms with Crippen LogP contribution in [0.25, 0.3) is 91.1 Å². The first-order valence-electron chi connectivity index (χ1n) is 19.5. The Labute approximate surface area is 333 Å². The molecule has 2 aromatic heterocycles. The molecule has 0 spiro atoms. The highest BCUT2D eigenvalue weighted by Gasteiger charge is 2.22. The number of aromatic nitrogens is 1. The molecule has 0 amide bonds. The molecule has 0 unspecified atom stereocenters. The molecule has 266 valence electrons. The van der Waals surface area contributed by atoms with Gasteiger partial charge in [0.15, 0.2) is 0 Å². The standard InChI is InChI=1S/C54H34N2S/c1-3-13-35(14-4-1)42-27-30-49(45-22-12-11-21-44(42)45)55(41-24-26-46-47-31-37-16-7-8-17-38(37)32-52(47)57-53(46)34-41)40-25-29-50-48(33-40)54-43-20-10-9-15-36(43)23-28-51(54)56(50)39-18-5-2-6-19-39/h1-34H. The highest BCUT2D eigenvalue weighted by molar-refractivity contribution is 7.26. The van der Waals surface area contributed by atoms with E-state index in [0.717, 1.165) is 22.7 Å². The zero-order valence-electron chi connectivity index (χ0n) is 30.9. The fourth-order valence-electron chi connectivity index (χ4n) is 9.14. The van der Waals surface area contributed by atoms with Crippen molar-refractivity contribution in [2.45, 2.75) is 0 Å². The first kappa shape index (κ1) is 32.1. The van der Waals surface area contributed by atoms with Gasteiger partial charge < -0.3 is 9.47 Å². The van der Waals surface area contributed by atoms with Crippen molar-refractivity contribution < 1.29 is 0 Å². The maximum Gasteiger partial charge on any atom is 0.0547 e. The molecular formula is C54H34N2S. The number of fused-ring (bicyclic) bond motifs is 10. The van der Waals surface area contributed by atoms with Gasteiger partial charge in [-0.25, -0.2) is 0 Å². The van der Waals surface area contributed by atoms with Crippen molar-refractivity contribution in [2.75, 3.05) is 4.90 Å². The van der Waals surface area contributed by atoms with E-state index in [1.54, 1.807) is 0 Å². The number of hydrogen-bond donors (Lipinski definition) is 0. The lowest BCUT2D eigenvalue weighted by molar-refractivity contribution is 1.18. The van der Waals surface area contributed by atoms with Gasteiger partial charge in [0.05, 0.1) is 16.7 Å². The summed E-state index contributed by atoms with van der Waals surface area (Å²) < 4.78 is 5.01. The minimum absolute atomic E-state index is 1.12. The molecule has 12 aromatic rings. The topological polar surface area (TPSA) is 8.17 Å². The number of para-hydroxylation sites is 1. The lowest BCUT2D eigenvalue weighted by Crippen LogP contribution is -2.10. The summed E-state index contributed by atoms with van der Waals surface area (Å²) >= 11 is 1.88. The Morgan fingerprint density at radius 2 is 1.00 bits per heavy atom. The average molecular weight is 743 g/mol. The highest BCUT2D eigenvalue weighted by Crippen LogP contribution is 2.47. The Hall–Kier alpha value is -7.20. The van der Waals surface area contributed by atoms with Gasteiger partial charge in [-0.1, -0.05) is 140 Å². The molecule has 3 heteroatoms. The van der Waals surface area contributed by atoms with Gasteiger partial charge in [-0.15, -0.1) is 11.3 Å². The molecule has 10 aromatic carbocycles. The summed E-state index contributed by atoms with van der Waals surface area (Å²) in [4.78, 5) is 2.48. The van der Waals surface area contributed by atoms with Crippen molar-refractivity contribution in [3.8, 4) is 16.8 Å². The predicted octanol–water partition coefficient (Wildman–Crippen LogP) is 15.7. The molecule has 0 radical (unpaired) electrons. The number of rotatable bonds is 5. The molecule has 0 aliphatic rings. The second kappa shape index (κ2) is 12.7. The molecule has 12 rings (SSSR count). The fourth-order valence-corrected chi connectivity index (χ4v) is 10.3. The van der Waals surface area contributed by atoms with Crippen molar-refractivity contribution in [3.63, 3.8) is 0 Å². The van der Waals surface area contributed by atoms with Crippen LogP contribution in [0.3, 0.4) is 0 Å². The summed E-state index contributed by atoms with van der Waals surface area (Å²) in [5.41, 5.74) is 9.39. The second-order valence-corrected chi connectivity index (χ2v) is 16.0. The van der Waals surface area contributed by atoms with Crippen LogP contribution in [0, 0.1) is 0 Å². The van der Waals surface area contributed by atoms with Crippen molar-refractivity contribution in [2.24, 2.45) is 0 Å². The zero-order chi connectivity index (χ0) is 37.5. The van der Waals surface area contributed by atoms with E-state index in [1.807, 2.05) is 11.3 Å². The molecule has 0 N–H and O–H groups in total. The van der Waals surface area contributed by atoms with Crippen LogP contribution in [0.1, 0.15) is 0 Å². The summed E-state index contributed by atoms with van der Waals surface area (Å²) in [6.45, 7) is 0. The van der Waals surface area contributed by atoms with Crippen LogP contribution in [0.15, 0.2) is 206 Å². The van der Waals surface area contributed by atoms with Gasteiger partial charge in [0.25, 0.3) is 0 Å². The fraction of sp³-hybridized carbons (Fsp3) is 0. The van der Waals surface area contributed by atoms with Gasteiger partial charge >= 0.3 is 0 Å². The van der Waals surface area contributed by atoms with Gasteiger partial charge in [0, 0.05) is 53.4 Å². The number of thiophene rings is 1. The maximum atomic E-state index is 2.48. The SMILES string of the molecule is c1ccc(-c2ccc(N(c3ccc4c(c3)sc3cc5ccccc5cc34)c3ccc4c(c3)c3c5ccccc5ccc3n4-c3ccccc3)c3ccccc23)cc1. The van der Waals surface area contributed by atoms with Gasteiger partial charge in [-0.05, 0) is 105 Å². The first-order valence-corrected chi connectivity index (χ1v) is 20.3. The molecule has 0 bridgehead atoms. The highest BCUT2D eigenvalue weighted by atomic mass is 32.1. The third-order valence-corrected chi connectivity index (χ3v) is 12.8. The van der Waals surface area contributed by atoms with Crippen LogP contribution in [-0.4, -0.2) is 4.57 Å². The average Bonchev–Trinajstić information content (AvgIpc) is 3.81. The number of anilines is 3. The molecule has 0 atom stereocenters. The molecule has 2 nitrogen and oxygen atoms in total. The van der Waals surface area contributed by atoms with Crippen molar-refractivity contribution in [1.29, 1.82) is 0 Å². The smallest absolute Gasteiger partial charge is 0.0547 e. The van der Waals surface area contributed by atoms with E-state index < -0.39 is 0 Å². The van der Waals surface area contributed by atoms with Crippen LogP contribution in [0.5, 0.6) is 0 Å². The normalized spacial score (nSPS) is 11.9. The van der Waals surface area contributed by atoms with Crippen LogP contribution in [0.2, 0.25) is 0 Å². The van der Waals surface area contributed by atoms with Gasteiger partial charge in [0.1, 0.15) is 0 Å². The van der Waals surface area contributed by atoms with Gasteiger partial charge in [-0.3, -0.25) is 0 Å². The molecule has 0 aliphatic heterocycles. The lowest BCUT2D eigenvalue weighted by Gasteiger charge is -2.28. The van der Waals surface area contributed by atoms with Gasteiger partial charge in [-0.2, -0.15) is 0 Å². The molecule has 0 fully saturated rings. The van der Waals surface area contributed by atoms with E-state index in [2.05, 4.69) is 216 Å². The molecule has 0 saturated carbocycles. The van der Waals surface area contributed by atoms with Crippen molar-refractivity contribution >= 4 is 103 Å². The molecule has 0 aliphatic carbocycles. The zero-order valence-corrected chi connectivity index (χ0v) is 31.7. The third kappa shape index (κ3) is 5.03. The Kier molecular flexibility index (Phi) is 7.13. The van der Waals surface area contributed by atoms with E-state index in [-0.39, 0.29) is 0 Å². The van der Waals surface area contributed by atoms with Crippen LogP contribution in [-0.2, 0) is 0 Å². The predicted molar refractivity (Wildman–Crippen MR) is 246 cm³/mol. The van der Waals surface area contributed by atoms with Crippen molar-refractivity contribution in [1.82, 2.24) is 4.57 Å². The van der Waals surface area contributed by atoms with E-state index in [0.29, 0.717) is 0 Å². The van der Waals surface area contributed by atoms with E-state index in [9.17, 15) is 0 Å². The first-order chi connectivity index (χ1) is 28.3. The van der Waals surface area contributed by atoms with Crippen molar-refractivity contribution in [3.05, 3.63) is 206 Å². The van der Waals surface area contributed by atoms with Crippen LogP contribution >= 0.6 is 11.3 Å². The van der Waals surface area contributed by atoms with E-state index >= 15 is 0 Å². The largest absolute Gasteiger partial charge is 0.310 e. The van der Waals surface area contributed by atoms with E-state index in [4.69, 9.17) is 0 Å². The lowest BCUT2D eigenvalue weighted by atomic mass is 9.96. The minimum atomic E-state index is 1.12. The Morgan fingerprint density at radius 1 is 0.368 bits per heavy atom. The van der Waals surface area contributed by atoms with Crippen LogP contribution < -0.4 is 4.90 Å². The number of benzene rings is 10. The Bertz CT molecular complexity index is 3520. The molecule has 57 heavy (non-hydrogen) atoms. The summed E-state index contributed by atoms with van der Waals surface area (Å²) in [5, 5.41) is 12.6. The summed E-state index contributed by atoms with van der Waals surface area (Å²) in [6, 6.07) is 75.8. The Balaban J connectivity index is 1.15. The molecule has 0 saturated heterocycles. The second-order valence-electron chi connectivity index (χ2n) is 14.9.